The summed E-state index contributed by atoms with van der Waals surface area (Å²) in [6.07, 6.45) is 3.29. The average Bonchev–Trinajstić information content (AvgIpc) is 2.37. The fraction of sp³-hybridized carbons (Fsp3) is 0.833. The minimum absolute atomic E-state index is 0.0820. The van der Waals surface area contributed by atoms with Crippen LogP contribution in [0.4, 0.5) is 0 Å². The van der Waals surface area contributed by atoms with E-state index in [0.29, 0.717) is 6.54 Å². The predicted octanol–water partition coefficient (Wildman–Crippen LogP) is 1.54. The van der Waals surface area contributed by atoms with Crippen molar-refractivity contribution in [2.75, 3.05) is 26.5 Å². The van der Waals surface area contributed by atoms with Crippen LogP contribution >= 0.6 is 11.8 Å². The molecule has 0 bridgehead atoms. The monoisotopic (exact) mass is 259 g/mol. The van der Waals surface area contributed by atoms with Gasteiger partial charge in [0.25, 0.3) is 0 Å². The largest absolute Gasteiger partial charge is 0.469 e. The van der Waals surface area contributed by atoms with E-state index >= 15 is 0 Å². The molecule has 0 aromatic carbocycles. The Balaban J connectivity index is 2.43. The van der Waals surface area contributed by atoms with Crippen molar-refractivity contribution in [3.8, 4) is 0 Å². The fourth-order valence-electron chi connectivity index (χ4n) is 1.96. The van der Waals surface area contributed by atoms with E-state index in [0.717, 1.165) is 18.6 Å². The van der Waals surface area contributed by atoms with Gasteiger partial charge in [-0.15, -0.1) is 11.8 Å². The van der Waals surface area contributed by atoms with E-state index in [2.05, 4.69) is 4.74 Å². The minimum Gasteiger partial charge on any atom is -0.469 e. The zero-order valence-electron chi connectivity index (χ0n) is 10.8. The van der Waals surface area contributed by atoms with Crippen LogP contribution in [-0.4, -0.2) is 48.5 Å². The average molecular weight is 259 g/mol. The molecule has 1 aliphatic rings. The molecule has 98 valence electrons. The molecular formula is C12H21NO3S. The highest BCUT2D eigenvalue weighted by molar-refractivity contribution is 8.00. The fourth-order valence-corrected chi connectivity index (χ4v) is 3.27. The topological polar surface area (TPSA) is 46.6 Å². The number of carbonyl (C=O) groups excluding carboxylic acids is 2. The molecule has 0 aliphatic carbocycles. The van der Waals surface area contributed by atoms with Crippen LogP contribution in [0.1, 0.15) is 26.2 Å². The SMILES string of the molecule is COC(=O)C(C)CN(C)C(=O)C1CCCCS1. The van der Waals surface area contributed by atoms with Gasteiger partial charge in [0.2, 0.25) is 5.91 Å². The summed E-state index contributed by atoms with van der Waals surface area (Å²) in [6, 6.07) is 0. The van der Waals surface area contributed by atoms with Crippen molar-refractivity contribution in [1.82, 2.24) is 4.90 Å². The number of ether oxygens (including phenoxy) is 1. The number of carbonyl (C=O) groups is 2. The third-order valence-electron chi connectivity index (χ3n) is 2.98. The number of thioether (sulfide) groups is 1. The van der Waals surface area contributed by atoms with Gasteiger partial charge in [-0.3, -0.25) is 9.59 Å². The summed E-state index contributed by atoms with van der Waals surface area (Å²) in [4.78, 5) is 25.0. The summed E-state index contributed by atoms with van der Waals surface area (Å²) in [5, 5.41) is 0.0820. The molecule has 1 fully saturated rings. The van der Waals surface area contributed by atoms with Crippen LogP contribution in [0.2, 0.25) is 0 Å². The zero-order chi connectivity index (χ0) is 12.8. The lowest BCUT2D eigenvalue weighted by atomic mass is 10.1. The molecule has 0 radical (unpaired) electrons. The summed E-state index contributed by atoms with van der Waals surface area (Å²) in [6.45, 7) is 2.21. The van der Waals surface area contributed by atoms with E-state index in [1.165, 1.54) is 13.5 Å². The molecule has 1 saturated heterocycles. The van der Waals surface area contributed by atoms with Crippen molar-refractivity contribution in [3.63, 3.8) is 0 Å². The second kappa shape index (κ2) is 6.89. The van der Waals surface area contributed by atoms with E-state index in [1.54, 1.807) is 30.6 Å². The van der Waals surface area contributed by atoms with E-state index in [4.69, 9.17) is 0 Å². The van der Waals surface area contributed by atoms with Gasteiger partial charge in [0, 0.05) is 13.6 Å². The smallest absolute Gasteiger partial charge is 0.310 e. The zero-order valence-corrected chi connectivity index (χ0v) is 11.6. The summed E-state index contributed by atoms with van der Waals surface area (Å²) >= 11 is 1.73. The minimum atomic E-state index is -0.263. The first-order chi connectivity index (χ1) is 8.06. The van der Waals surface area contributed by atoms with Gasteiger partial charge in [-0.25, -0.2) is 0 Å². The van der Waals surface area contributed by atoms with Crippen LogP contribution < -0.4 is 0 Å². The highest BCUT2D eigenvalue weighted by Gasteiger charge is 2.26. The Morgan fingerprint density at radius 1 is 1.47 bits per heavy atom. The standard InChI is InChI=1S/C12H21NO3S/c1-9(12(15)16-3)8-13(2)11(14)10-6-4-5-7-17-10/h9-10H,4-8H2,1-3H3. The van der Waals surface area contributed by atoms with Crippen LogP contribution in [0, 0.1) is 5.92 Å². The quantitative estimate of drug-likeness (QED) is 0.719. The number of methoxy groups -OCH3 is 1. The number of hydrogen-bond acceptors (Lipinski definition) is 4. The maximum absolute atomic E-state index is 12.1. The second-order valence-electron chi connectivity index (χ2n) is 4.50. The molecule has 1 aliphatic heterocycles. The normalized spacial score (nSPS) is 21.7. The molecule has 0 aromatic heterocycles. The molecule has 1 heterocycles. The first-order valence-electron chi connectivity index (χ1n) is 6.00. The Labute approximate surface area is 107 Å². The van der Waals surface area contributed by atoms with Gasteiger partial charge < -0.3 is 9.64 Å². The lowest BCUT2D eigenvalue weighted by Crippen LogP contribution is -2.40. The molecular weight excluding hydrogens is 238 g/mol. The van der Waals surface area contributed by atoms with E-state index in [-0.39, 0.29) is 23.0 Å². The van der Waals surface area contributed by atoms with E-state index in [1.807, 2.05) is 0 Å². The Kier molecular flexibility index (Phi) is 5.82. The molecule has 4 nitrogen and oxygen atoms in total. The lowest BCUT2D eigenvalue weighted by molar-refractivity contribution is -0.146. The maximum Gasteiger partial charge on any atom is 0.310 e. The van der Waals surface area contributed by atoms with Crippen LogP contribution in [0.25, 0.3) is 0 Å². The van der Waals surface area contributed by atoms with Crippen molar-refractivity contribution in [3.05, 3.63) is 0 Å². The number of nitrogens with zero attached hydrogens (tertiary/aromatic N) is 1. The number of amides is 1. The van der Waals surface area contributed by atoms with Crippen molar-refractivity contribution in [1.29, 1.82) is 0 Å². The van der Waals surface area contributed by atoms with Gasteiger partial charge >= 0.3 is 5.97 Å². The first kappa shape index (κ1) is 14.4. The van der Waals surface area contributed by atoms with E-state index < -0.39 is 0 Å². The van der Waals surface area contributed by atoms with Gasteiger partial charge in [-0.1, -0.05) is 13.3 Å². The van der Waals surface area contributed by atoms with Crippen LogP contribution in [0.5, 0.6) is 0 Å². The number of hydrogen-bond donors (Lipinski definition) is 0. The summed E-state index contributed by atoms with van der Waals surface area (Å²) in [7, 11) is 3.13. The van der Waals surface area contributed by atoms with Gasteiger partial charge in [0.05, 0.1) is 18.3 Å². The summed E-state index contributed by atoms with van der Waals surface area (Å²) in [5.41, 5.74) is 0. The maximum atomic E-state index is 12.1. The molecule has 5 heteroatoms. The highest BCUT2D eigenvalue weighted by Crippen LogP contribution is 2.26. The van der Waals surface area contributed by atoms with Gasteiger partial charge in [0.1, 0.15) is 0 Å². The van der Waals surface area contributed by atoms with Gasteiger partial charge in [-0.05, 0) is 18.6 Å². The summed E-state index contributed by atoms with van der Waals surface area (Å²) in [5.74, 6) is 0.686. The van der Waals surface area contributed by atoms with Crippen molar-refractivity contribution >= 4 is 23.6 Å². The van der Waals surface area contributed by atoms with E-state index in [9.17, 15) is 9.59 Å². The predicted molar refractivity (Wildman–Crippen MR) is 68.9 cm³/mol. The Bertz CT molecular complexity index is 277. The Morgan fingerprint density at radius 3 is 2.71 bits per heavy atom. The molecule has 0 spiro atoms. The molecule has 2 unspecified atom stereocenters. The molecule has 0 N–H and O–H groups in total. The van der Waals surface area contributed by atoms with Crippen LogP contribution in [-0.2, 0) is 14.3 Å². The highest BCUT2D eigenvalue weighted by atomic mass is 32.2. The number of esters is 1. The Hall–Kier alpha value is -0.710. The van der Waals surface area contributed by atoms with Gasteiger partial charge in [0.15, 0.2) is 0 Å². The van der Waals surface area contributed by atoms with Gasteiger partial charge in [-0.2, -0.15) is 0 Å². The van der Waals surface area contributed by atoms with Crippen LogP contribution in [0.3, 0.4) is 0 Å². The summed E-state index contributed by atoms with van der Waals surface area (Å²) < 4.78 is 4.66. The van der Waals surface area contributed by atoms with Crippen molar-refractivity contribution in [2.24, 2.45) is 5.92 Å². The second-order valence-corrected chi connectivity index (χ2v) is 5.81. The molecule has 2 atom stereocenters. The first-order valence-corrected chi connectivity index (χ1v) is 7.05. The molecule has 1 amide bonds. The van der Waals surface area contributed by atoms with Crippen LogP contribution in [0.15, 0.2) is 0 Å². The lowest BCUT2D eigenvalue weighted by Gasteiger charge is -2.27. The Morgan fingerprint density at radius 2 is 2.18 bits per heavy atom. The third-order valence-corrected chi connectivity index (χ3v) is 4.35. The molecule has 17 heavy (non-hydrogen) atoms. The molecule has 0 saturated carbocycles. The number of rotatable bonds is 4. The van der Waals surface area contributed by atoms with Crippen molar-refractivity contribution in [2.45, 2.75) is 31.4 Å². The third kappa shape index (κ3) is 4.22. The van der Waals surface area contributed by atoms with Crippen molar-refractivity contribution < 1.29 is 14.3 Å². The molecule has 0 aromatic rings. The molecule has 1 rings (SSSR count).